The minimum atomic E-state index is -0.244. The van der Waals surface area contributed by atoms with Crippen molar-refractivity contribution in [2.45, 2.75) is 85.5 Å². The largest absolute Gasteiger partial charge is 0.509 e. The van der Waals surface area contributed by atoms with Crippen molar-refractivity contribution in [3.63, 3.8) is 0 Å². The number of pyridine rings is 1. The Morgan fingerprint density at radius 1 is 0.500 bits per heavy atom. The molecule has 0 aliphatic carbocycles. The normalized spacial score (nSPS) is 13.4. The average Bonchev–Trinajstić information content (AvgIpc) is 3.96. The Labute approximate surface area is 429 Å². The van der Waals surface area contributed by atoms with Crippen LogP contribution in [0, 0.1) is 24.2 Å². The second-order valence-corrected chi connectivity index (χ2v) is 21.6. The summed E-state index contributed by atoms with van der Waals surface area (Å²) in [6.45, 7) is 25.0. The van der Waals surface area contributed by atoms with Crippen LogP contribution in [-0.2, 0) is 37.3 Å². The van der Waals surface area contributed by atoms with E-state index in [0.717, 1.165) is 50.3 Å². The summed E-state index contributed by atoms with van der Waals surface area (Å²) in [6, 6.07) is 68.0. The summed E-state index contributed by atoms with van der Waals surface area (Å²) in [6.07, 6.45) is 4.21. The number of ether oxygens (including phenoxy) is 1. The first kappa shape index (κ1) is 48.3. The van der Waals surface area contributed by atoms with Crippen molar-refractivity contribution in [3.8, 4) is 28.4 Å². The third-order valence-electron chi connectivity index (χ3n) is 14.0. The molecule has 0 atom stereocenters. The van der Waals surface area contributed by atoms with Gasteiger partial charge in [-0.25, -0.2) is 4.98 Å². The zero-order valence-electron chi connectivity index (χ0n) is 41.9. The van der Waals surface area contributed by atoms with Crippen LogP contribution in [-0.4, -0.2) is 9.55 Å². The van der Waals surface area contributed by atoms with Gasteiger partial charge in [0, 0.05) is 71.9 Å². The average molecular weight is 1100 g/mol. The summed E-state index contributed by atoms with van der Waals surface area (Å²) in [7, 11) is 0. The number of rotatable bonds is 10. The minimum Gasteiger partial charge on any atom is -0.509 e. The Morgan fingerprint density at radius 2 is 1.13 bits per heavy atom. The predicted molar refractivity (Wildman–Crippen MR) is 287 cm³/mol. The van der Waals surface area contributed by atoms with Crippen molar-refractivity contribution in [3.05, 3.63) is 235 Å². The third-order valence-corrected chi connectivity index (χ3v) is 14.0. The van der Waals surface area contributed by atoms with Gasteiger partial charge in [0.25, 0.3) is 0 Å². The third kappa shape index (κ3) is 9.25. The van der Waals surface area contributed by atoms with E-state index in [9.17, 15) is 0 Å². The molecule has 7 aromatic carbocycles. The van der Waals surface area contributed by atoms with Crippen LogP contribution in [0.3, 0.4) is 0 Å². The van der Waals surface area contributed by atoms with Crippen molar-refractivity contribution in [2.75, 3.05) is 9.80 Å². The van der Waals surface area contributed by atoms with Gasteiger partial charge < -0.3 is 19.1 Å². The Balaban J connectivity index is 0.00000608. The van der Waals surface area contributed by atoms with Crippen LogP contribution in [0.1, 0.15) is 97.1 Å². The number of allylic oxidation sites excluding steroid dienone is 1. The monoisotopic (exact) mass is 1100 g/mol. The van der Waals surface area contributed by atoms with Crippen LogP contribution in [0.25, 0.3) is 38.8 Å². The summed E-state index contributed by atoms with van der Waals surface area (Å²) in [5, 5.41) is 2.22. The molecule has 0 bridgehead atoms. The Morgan fingerprint density at radius 3 is 1.79 bits per heavy atom. The van der Waals surface area contributed by atoms with Crippen molar-refractivity contribution in [2.24, 2.45) is 5.41 Å². The number of hydrogen-bond acceptors (Lipinski definition) is 4. The SMILES string of the molecule is CC(C)(C)C1=CN(c2cc(-c3ccccc3)cc(C(C)(C)c3ccccc3)c2)[CH-]N1c1[c-]c(Oc2[c-]c3c(cc2)c2ccccc2n3-c2cc(C(C)(C)c3ccccc3)ccn2)cc(C(C)(C)C)c1.[Pt]. The second kappa shape index (κ2) is 18.6. The van der Waals surface area contributed by atoms with Gasteiger partial charge >= 0.3 is 0 Å². The van der Waals surface area contributed by atoms with Gasteiger partial charge in [-0.05, 0) is 80.7 Å². The summed E-state index contributed by atoms with van der Waals surface area (Å²) >= 11 is 0. The first-order valence-corrected chi connectivity index (χ1v) is 24.1. The molecule has 0 amide bonds. The van der Waals surface area contributed by atoms with Crippen LogP contribution in [0.4, 0.5) is 11.4 Å². The summed E-state index contributed by atoms with van der Waals surface area (Å²) < 4.78 is 9.14. The number of nitrogens with zero attached hydrogens (tertiary/aromatic N) is 4. The fourth-order valence-corrected chi connectivity index (χ4v) is 9.63. The quantitative estimate of drug-likeness (QED) is 0.128. The second-order valence-electron chi connectivity index (χ2n) is 21.6. The van der Waals surface area contributed by atoms with E-state index in [1.165, 1.54) is 33.4 Å². The molecule has 0 spiro atoms. The van der Waals surface area contributed by atoms with Crippen molar-refractivity contribution >= 4 is 33.2 Å². The van der Waals surface area contributed by atoms with Gasteiger partial charge in [-0.2, -0.15) is 6.07 Å². The Kier molecular flexibility index (Phi) is 12.8. The van der Waals surface area contributed by atoms with E-state index >= 15 is 0 Å². The van der Waals surface area contributed by atoms with Crippen molar-refractivity contribution < 1.29 is 25.8 Å². The molecular weight excluding hydrogens is 1040 g/mol. The predicted octanol–water partition coefficient (Wildman–Crippen LogP) is 16.5. The van der Waals surface area contributed by atoms with Gasteiger partial charge in [-0.3, -0.25) is 0 Å². The molecular formula is C64H61N4OPt-3. The van der Waals surface area contributed by atoms with Gasteiger partial charge in [0.05, 0.1) is 0 Å². The maximum atomic E-state index is 6.92. The van der Waals surface area contributed by atoms with Crippen molar-refractivity contribution in [1.29, 1.82) is 0 Å². The molecule has 0 saturated carbocycles. The molecule has 0 N–H and O–H groups in total. The van der Waals surface area contributed by atoms with E-state index in [2.05, 4.69) is 272 Å². The van der Waals surface area contributed by atoms with E-state index in [1.807, 2.05) is 12.3 Å². The van der Waals surface area contributed by atoms with Crippen LogP contribution >= 0.6 is 0 Å². The smallest absolute Gasteiger partial charge is 0.135 e. The standard InChI is InChI=1S/C64H61N4O.Pt/c1-61(2,3)49-36-52(67-43-66(42-59(67)62(4,5)6)51-35-45(44-22-14-11-15-23-44)34-50(37-51)64(9,10)47-26-18-13-19-27-47)40-54(38-49)69-53-30-31-56-55-28-20-21-29-57(55)68(58(56)41-53)60-39-48(32-33-65-60)63(7,8)46-24-16-12-17-25-46;/h11-39,42-43H,1-10H3;/q-3;. The Hall–Kier alpha value is -6.68. The number of aromatic nitrogens is 2. The van der Waals surface area contributed by atoms with E-state index < -0.39 is 0 Å². The van der Waals surface area contributed by atoms with Crippen molar-refractivity contribution in [1.82, 2.24) is 9.55 Å². The molecule has 3 heterocycles. The molecule has 70 heavy (non-hydrogen) atoms. The minimum absolute atomic E-state index is 0. The molecule has 0 fully saturated rings. The molecule has 0 unspecified atom stereocenters. The molecule has 5 nitrogen and oxygen atoms in total. The number of para-hydroxylation sites is 1. The number of benzene rings is 7. The van der Waals surface area contributed by atoms with Gasteiger partial charge in [-0.1, -0.05) is 190 Å². The van der Waals surface area contributed by atoms with Crippen LogP contribution in [0.5, 0.6) is 11.5 Å². The fraction of sp³-hybridized carbons (Fsp3) is 0.219. The molecule has 0 radical (unpaired) electrons. The molecule has 9 aromatic rings. The summed E-state index contributed by atoms with van der Waals surface area (Å²) in [4.78, 5) is 9.55. The first-order chi connectivity index (χ1) is 32.9. The zero-order chi connectivity index (χ0) is 48.3. The van der Waals surface area contributed by atoms with E-state index in [-0.39, 0.29) is 42.7 Å². The maximum absolute atomic E-state index is 6.92. The van der Waals surface area contributed by atoms with Gasteiger partial charge in [0.15, 0.2) is 0 Å². The van der Waals surface area contributed by atoms with E-state index in [1.54, 1.807) is 0 Å². The van der Waals surface area contributed by atoms with Crippen LogP contribution < -0.4 is 14.5 Å². The van der Waals surface area contributed by atoms with Gasteiger partial charge in [-0.15, -0.1) is 53.6 Å². The molecule has 10 rings (SSSR count). The molecule has 1 aliphatic heterocycles. The molecule has 1 aliphatic rings. The number of anilines is 2. The van der Waals surface area contributed by atoms with E-state index in [4.69, 9.17) is 9.72 Å². The topological polar surface area (TPSA) is 33.5 Å². The molecule has 356 valence electrons. The number of hydrogen-bond donors (Lipinski definition) is 0. The maximum Gasteiger partial charge on any atom is 0.135 e. The van der Waals surface area contributed by atoms with Crippen LogP contribution in [0.2, 0.25) is 0 Å². The van der Waals surface area contributed by atoms with E-state index in [0.29, 0.717) is 11.5 Å². The Bertz CT molecular complexity index is 3360. The van der Waals surface area contributed by atoms with Gasteiger partial charge in [0.2, 0.25) is 0 Å². The van der Waals surface area contributed by atoms with Gasteiger partial charge in [0.1, 0.15) is 5.82 Å². The summed E-state index contributed by atoms with van der Waals surface area (Å²) in [5.41, 5.74) is 12.7. The first-order valence-electron chi connectivity index (χ1n) is 24.1. The zero-order valence-corrected chi connectivity index (χ0v) is 44.2. The summed E-state index contributed by atoms with van der Waals surface area (Å²) in [5.74, 6) is 2.06. The number of fused-ring (bicyclic) bond motifs is 3. The fourth-order valence-electron chi connectivity index (χ4n) is 9.63. The van der Waals surface area contributed by atoms with Crippen LogP contribution in [0.15, 0.2) is 188 Å². The molecule has 6 heteroatoms. The molecule has 0 saturated heterocycles. The molecule has 2 aromatic heterocycles.